The van der Waals surface area contributed by atoms with Crippen molar-refractivity contribution in [3.63, 3.8) is 0 Å². The van der Waals surface area contributed by atoms with Gasteiger partial charge in [0, 0.05) is 29.7 Å². The van der Waals surface area contributed by atoms with Crippen molar-refractivity contribution in [3.8, 4) is 6.07 Å². The van der Waals surface area contributed by atoms with E-state index in [1.54, 1.807) is 18.7 Å². The number of hydrogen-bond donors (Lipinski definition) is 1. The molecule has 0 aliphatic carbocycles. The zero-order valence-corrected chi connectivity index (χ0v) is 16.3. The highest BCUT2D eigenvalue weighted by Gasteiger charge is 2.38. The summed E-state index contributed by atoms with van der Waals surface area (Å²) in [4.78, 5) is 27.7. The van der Waals surface area contributed by atoms with Crippen molar-refractivity contribution in [1.82, 2.24) is 5.32 Å². The average molecular weight is 385 g/mol. The van der Waals surface area contributed by atoms with E-state index in [0.717, 1.165) is 5.56 Å². The van der Waals surface area contributed by atoms with Crippen LogP contribution in [-0.2, 0) is 14.3 Å². The van der Waals surface area contributed by atoms with E-state index in [-0.39, 0.29) is 6.61 Å². The summed E-state index contributed by atoms with van der Waals surface area (Å²) in [6.07, 6.45) is 0.662. The Morgan fingerprint density at radius 1 is 1.41 bits per heavy atom. The van der Waals surface area contributed by atoms with Crippen molar-refractivity contribution in [2.24, 2.45) is 10.9 Å². The normalized spacial score (nSPS) is 19.1. The summed E-state index contributed by atoms with van der Waals surface area (Å²) in [6.45, 7) is 4.38. The van der Waals surface area contributed by atoms with Gasteiger partial charge in [-0.05, 0) is 19.4 Å². The lowest BCUT2D eigenvalue weighted by Crippen LogP contribution is -2.30. The Labute approximate surface area is 163 Å². The zero-order chi connectivity index (χ0) is 19.6. The Hall–Kier alpha value is -2.59. The van der Waals surface area contributed by atoms with E-state index < -0.39 is 17.8 Å². The lowest BCUT2D eigenvalue weighted by molar-refractivity contribution is -0.139. The number of esters is 1. The number of hydrogen-bond acceptors (Lipinski definition) is 6. The van der Waals surface area contributed by atoms with Crippen LogP contribution in [0.2, 0.25) is 0 Å². The Balaban J connectivity index is 2.42. The molecule has 1 aliphatic heterocycles. The molecule has 1 heterocycles. The van der Waals surface area contributed by atoms with Gasteiger partial charge in [0.25, 0.3) is 0 Å². The minimum Gasteiger partial charge on any atom is -0.463 e. The second-order valence-corrected chi connectivity index (χ2v) is 7.06. The highest BCUT2D eigenvalue weighted by Crippen LogP contribution is 2.39. The maximum atomic E-state index is 12.8. The standard InChI is InChI=1S/C20H23N3O3S/c1-3-26-20(25)19-17(12-27-10-9-22-13-24)23-14(2)16(11-21)18(19)15-7-5-4-6-8-15/h4-8,13,16,18H,3,9-10,12H2,1-2H3,(H,22,24). The van der Waals surface area contributed by atoms with Crippen molar-refractivity contribution in [2.45, 2.75) is 19.8 Å². The molecule has 1 aromatic rings. The van der Waals surface area contributed by atoms with E-state index in [1.165, 1.54) is 0 Å². The van der Waals surface area contributed by atoms with Crippen LogP contribution in [0.1, 0.15) is 25.3 Å². The molecular weight excluding hydrogens is 362 g/mol. The van der Waals surface area contributed by atoms with Crippen molar-refractivity contribution >= 4 is 29.9 Å². The van der Waals surface area contributed by atoms with Gasteiger partial charge in [-0.1, -0.05) is 30.3 Å². The molecule has 0 radical (unpaired) electrons. The highest BCUT2D eigenvalue weighted by molar-refractivity contribution is 7.99. The van der Waals surface area contributed by atoms with E-state index in [0.29, 0.717) is 41.4 Å². The lowest BCUT2D eigenvalue weighted by atomic mass is 9.76. The van der Waals surface area contributed by atoms with Gasteiger partial charge in [0.1, 0.15) is 0 Å². The molecule has 1 aliphatic rings. The molecule has 0 saturated carbocycles. The molecule has 1 N–H and O–H groups in total. The minimum absolute atomic E-state index is 0.257. The lowest BCUT2D eigenvalue weighted by Gasteiger charge is -2.29. The van der Waals surface area contributed by atoms with E-state index in [4.69, 9.17) is 4.74 Å². The molecule has 142 valence electrons. The van der Waals surface area contributed by atoms with Crippen LogP contribution in [0.3, 0.4) is 0 Å². The average Bonchev–Trinajstić information content (AvgIpc) is 2.68. The second kappa shape index (κ2) is 10.5. The van der Waals surface area contributed by atoms with E-state index in [1.807, 2.05) is 37.3 Å². The number of nitrogens with one attached hydrogen (secondary N) is 1. The first-order valence-corrected chi connectivity index (χ1v) is 9.94. The minimum atomic E-state index is -0.516. The van der Waals surface area contributed by atoms with Gasteiger partial charge in [-0.3, -0.25) is 9.79 Å². The van der Waals surface area contributed by atoms with Crippen molar-refractivity contribution in [1.29, 1.82) is 5.26 Å². The fourth-order valence-corrected chi connectivity index (χ4v) is 3.86. The maximum absolute atomic E-state index is 12.8. The van der Waals surface area contributed by atoms with Crippen molar-refractivity contribution in [3.05, 3.63) is 47.2 Å². The fraction of sp³-hybridized carbons (Fsp3) is 0.400. The molecule has 7 heteroatoms. The molecule has 0 saturated heterocycles. The van der Waals surface area contributed by atoms with Gasteiger partial charge in [-0.15, -0.1) is 0 Å². The number of thioether (sulfide) groups is 1. The molecule has 2 unspecified atom stereocenters. The van der Waals surface area contributed by atoms with Crippen LogP contribution < -0.4 is 5.32 Å². The van der Waals surface area contributed by atoms with E-state index >= 15 is 0 Å². The molecule has 1 amide bonds. The predicted octanol–water partition coefficient (Wildman–Crippen LogP) is 2.68. The molecule has 6 nitrogen and oxygen atoms in total. The van der Waals surface area contributed by atoms with Crippen LogP contribution in [0.15, 0.2) is 46.6 Å². The smallest absolute Gasteiger partial charge is 0.336 e. The van der Waals surface area contributed by atoms with Gasteiger partial charge in [0.15, 0.2) is 0 Å². The fourth-order valence-electron chi connectivity index (χ4n) is 3.04. The number of carbonyl (C=O) groups is 2. The van der Waals surface area contributed by atoms with Crippen LogP contribution in [0.4, 0.5) is 0 Å². The molecule has 1 aromatic carbocycles. The number of aliphatic imine (C=N–C) groups is 1. The van der Waals surface area contributed by atoms with E-state index in [2.05, 4.69) is 16.4 Å². The number of nitriles is 1. The van der Waals surface area contributed by atoms with Gasteiger partial charge in [-0.25, -0.2) is 4.79 Å². The molecule has 0 bridgehead atoms. The first-order chi connectivity index (χ1) is 13.1. The largest absolute Gasteiger partial charge is 0.463 e. The Morgan fingerprint density at radius 3 is 2.78 bits per heavy atom. The molecule has 27 heavy (non-hydrogen) atoms. The molecule has 2 rings (SSSR count). The van der Waals surface area contributed by atoms with Crippen LogP contribution in [0.5, 0.6) is 0 Å². The quantitative estimate of drug-likeness (QED) is 0.401. The number of carbonyl (C=O) groups excluding carboxylic acids is 2. The third kappa shape index (κ3) is 5.20. The summed E-state index contributed by atoms with van der Waals surface area (Å²) in [5.74, 6) is -0.142. The van der Waals surface area contributed by atoms with Crippen LogP contribution in [-0.4, -0.2) is 42.7 Å². The van der Waals surface area contributed by atoms with Gasteiger partial charge in [0.05, 0.1) is 29.9 Å². The Bertz CT molecular complexity index is 768. The third-order valence-electron chi connectivity index (χ3n) is 4.22. The van der Waals surface area contributed by atoms with E-state index in [9.17, 15) is 14.9 Å². The summed E-state index contributed by atoms with van der Waals surface area (Å²) in [5, 5.41) is 12.3. The summed E-state index contributed by atoms with van der Waals surface area (Å²) in [7, 11) is 0. The zero-order valence-electron chi connectivity index (χ0n) is 15.5. The molecule has 0 spiro atoms. The van der Waals surface area contributed by atoms with Crippen molar-refractivity contribution in [2.75, 3.05) is 24.7 Å². The maximum Gasteiger partial charge on any atom is 0.336 e. The highest BCUT2D eigenvalue weighted by atomic mass is 32.2. The molecule has 2 atom stereocenters. The predicted molar refractivity (Wildman–Crippen MR) is 106 cm³/mol. The number of ether oxygens (including phenoxy) is 1. The monoisotopic (exact) mass is 385 g/mol. The number of amides is 1. The number of benzene rings is 1. The Morgan fingerprint density at radius 2 is 2.15 bits per heavy atom. The van der Waals surface area contributed by atoms with Crippen LogP contribution >= 0.6 is 11.8 Å². The number of rotatable bonds is 9. The van der Waals surface area contributed by atoms with Crippen LogP contribution in [0.25, 0.3) is 0 Å². The number of nitrogens with zero attached hydrogens (tertiary/aromatic N) is 2. The first-order valence-electron chi connectivity index (χ1n) is 8.78. The van der Waals surface area contributed by atoms with Gasteiger partial charge in [-0.2, -0.15) is 17.0 Å². The van der Waals surface area contributed by atoms with Gasteiger partial charge in [0.2, 0.25) is 6.41 Å². The summed E-state index contributed by atoms with van der Waals surface area (Å²) >= 11 is 1.57. The first kappa shape index (κ1) is 20.7. The van der Waals surface area contributed by atoms with Crippen molar-refractivity contribution < 1.29 is 14.3 Å². The SMILES string of the molecule is CCOC(=O)C1=C(CSCCNC=O)N=C(C)C(C#N)C1c1ccccc1. The van der Waals surface area contributed by atoms with Gasteiger partial charge < -0.3 is 10.1 Å². The third-order valence-corrected chi connectivity index (χ3v) is 5.19. The topological polar surface area (TPSA) is 91.5 Å². The Kier molecular flexibility index (Phi) is 8.08. The molecule has 0 fully saturated rings. The molecule has 0 aromatic heterocycles. The summed E-state index contributed by atoms with van der Waals surface area (Å²) in [5.41, 5.74) is 2.69. The summed E-state index contributed by atoms with van der Waals surface area (Å²) in [6, 6.07) is 11.8. The summed E-state index contributed by atoms with van der Waals surface area (Å²) < 4.78 is 5.29. The second-order valence-electron chi connectivity index (χ2n) is 5.95. The molecular formula is C20H23N3O3S. The van der Waals surface area contributed by atoms with Crippen LogP contribution in [0, 0.1) is 17.2 Å². The van der Waals surface area contributed by atoms with Gasteiger partial charge >= 0.3 is 5.97 Å².